The molecule has 0 spiro atoms. The molecule has 0 saturated heterocycles. The van der Waals surface area contributed by atoms with Gasteiger partial charge in [-0.1, -0.05) is 31.0 Å². The molecular formula is C18H24N4O. The number of methoxy groups -OCH3 is 1. The molecule has 1 saturated carbocycles. The van der Waals surface area contributed by atoms with Crippen LogP contribution in [0.4, 0.5) is 11.8 Å². The molecular weight excluding hydrogens is 288 g/mol. The second-order valence-electron chi connectivity index (χ2n) is 5.88. The molecule has 23 heavy (non-hydrogen) atoms. The maximum absolute atomic E-state index is 5.37. The van der Waals surface area contributed by atoms with Crippen molar-refractivity contribution in [1.29, 1.82) is 0 Å². The van der Waals surface area contributed by atoms with Crippen LogP contribution in [-0.2, 0) is 6.42 Å². The first-order chi connectivity index (χ1) is 11.3. The van der Waals surface area contributed by atoms with Crippen LogP contribution < -0.4 is 15.4 Å². The lowest BCUT2D eigenvalue weighted by molar-refractivity contribution is 0.410. The van der Waals surface area contributed by atoms with Crippen molar-refractivity contribution in [2.24, 2.45) is 0 Å². The van der Waals surface area contributed by atoms with E-state index in [0.29, 0.717) is 12.0 Å². The zero-order valence-corrected chi connectivity index (χ0v) is 13.6. The monoisotopic (exact) mass is 312 g/mol. The zero-order chi connectivity index (χ0) is 15.9. The third-order valence-electron chi connectivity index (χ3n) is 4.23. The summed E-state index contributed by atoms with van der Waals surface area (Å²) < 4.78 is 5.37. The second kappa shape index (κ2) is 7.81. The van der Waals surface area contributed by atoms with Gasteiger partial charge in [0, 0.05) is 18.8 Å². The molecule has 1 aliphatic rings. The highest BCUT2D eigenvalue weighted by Gasteiger charge is 2.15. The Morgan fingerprint density at radius 2 is 2.00 bits per heavy atom. The van der Waals surface area contributed by atoms with Crippen molar-refractivity contribution in [2.45, 2.75) is 38.1 Å². The molecule has 1 aliphatic carbocycles. The van der Waals surface area contributed by atoms with Crippen LogP contribution in [0.1, 0.15) is 31.2 Å². The maximum atomic E-state index is 5.37. The van der Waals surface area contributed by atoms with E-state index in [-0.39, 0.29) is 0 Å². The number of ether oxygens (including phenoxy) is 1. The van der Waals surface area contributed by atoms with Gasteiger partial charge in [-0.05, 0) is 37.0 Å². The summed E-state index contributed by atoms with van der Waals surface area (Å²) in [6.45, 7) is 0.771. The van der Waals surface area contributed by atoms with E-state index < -0.39 is 0 Å². The zero-order valence-electron chi connectivity index (χ0n) is 13.6. The van der Waals surface area contributed by atoms with E-state index in [1.54, 1.807) is 13.3 Å². The molecule has 0 unspecified atom stereocenters. The van der Waals surface area contributed by atoms with Gasteiger partial charge in [0.15, 0.2) is 0 Å². The fraction of sp³-hybridized carbons (Fsp3) is 0.444. The normalized spacial score (nSPS) is 14.7. The van der Waals surface area contributed by atoms with Gasteiger partial charge >= 0.3 is 0 Å². The third kappa shape index (κ3) is 4.34. The summed E-state index contributed by atoms with van der Waals surface area (Å²) in [4.78, 5) is 8.84. The van der Waals surface area contributed by atoms with E-state index >= 15 is 0 Å². The van der Waals surface area contributed by atoms with Crippen LogP contribution >= 0.6 is 0 Å². The Bertz CT molecular complexity index is 626. The molecule has 0 radical (unpaired) electrons. The maximum Gasteiger partial charge on any atom is 0.224 e. The lowest BCUT2D eigenvalue weighted by Crippen LogP contribution is -2.16. The van der Waals surface area contributed by atoms with E-state index in [4.69, 9.17) is 4.74 Å². The molecule has 0 bridgehead atoms. The lowest BCUT2D eigenvalue weighted by Gasteiger charge is -2.13. The molecule has 3 rings (SSSR count). The van der Waals surface area contributed by atoms with Gasteiger partial charge in [0.1, 0.15) is 11.6 Å². The smallest absolute Gasteiger partial charge is 0.224 e. The molecule has 1 aromatic carbocycles. The Kier molecular flexibility index (Phi) is 5.29. The first-order valence-electron chi connectivity index (χ1n) is 8.30. The van der Waals surface area contributed by atoms with E-state index in [9.17, 15) is 0 Å². The molecule has 1 heterocycles. The molecule has 2 aromatic rings. The Labute approximate surface area is 137 Å². The van der Waals surface area contributed by atoms with Crippen molar-refractivity contribution < 1.29 is 4.74 Å². The average molecular weight is 312 g/mol. The number of hydrogen-bond donors (Lipinski definition) is 2. The van der Waals surface area contributed by atoms with Gasteiger partial charge < -0.3 is 15.4 Å². The molecule has 2 N–H and O–H groups in total. The molecule has 5 heteroatoms. The lowest BCUT2D eigenvalue weighted by atomic mass is 10.1. The molecule has 0 atom stereocenters. The van der Waals surface area contributed by atoms with Gasteiger partial charge in [0.05, 0.1) is 7.11 Å². The number of aromatic nitrogens is 2. The highest BCUT2D eigenvalue weighted by atomic mass is 16.5. The van der Waals surface area contributed by atoms with Crippen LogP contribution in [0.15, 0.2) is 36.5 Å². The highest BCUT2D eigenvalue weighted by molar-refractivity contribution is 5.41. The number of para-hydroxylation sites is 1. The summed E-state index contributed by atoms with van der Waals surface area (Å²) >= 11 is 0. The molecule has 1 fully saturated rings. The van der Waals surface area contributed by atoms with E-state index in [2.05, 4.69) is 26.7 Å². The number of benzene rings is 1. The van der Waals surface area contributed by atoms with Gasteiger partial charge in [-0.2, -0.15) is 4.98 Å². The van der Waals surface area contributed by atoms with Crippen molar-refractivity contribution in [3.05, 3.63) is 42.1 Å². The number of hydrogen-bond acceptors (Lipinski definition) is 5. The Hall–Kier alpha value is -2.30. The predicted molar refractivity (Wildman–Crippen MR) is 93.1 cm³/mol. The number of nitrogens with zero attached hydrogens (tertiary/aromatic N) is 2. The predicted octanol–water partition coefficient (Wildman–Crippen LogP) is 3.49. The Morgan fingerprint density at radius 1 is 1.17 bits per heavy atom. The minimum Gasteiger partial charge on any atom is -0.496 e. The van der Waals surface area contributed by atoms with Gasteiger partial charge in [-0.3, -0.25) is 0 Å². The van der Waals surface area contributed by atoms with Gasteiger partial charge in [0.2, 0.25) is 5.95 Å². The molecule has 0 amide bonds. The van der Waals surface area contributed by atoms with Crippen molar-refractivity contribution in [3.8, 4) is 5.75 Å². The van der Waals surface area contributed by atoms with Crippen molar-refractivity contribution in [2.75, 3.05) is 24.3 Å². The van der Waals surface area contributed by atoms with E-state index in [1.807, 2.05) is 24.3 Å². The number of rotatable bonds is 7. The summed E-state index contributed by atoms with van der Waals surface area (Å²) in [5, 5.41) is 6.79. The first kappa shape index (κ1) is 15.6. The van der Waals surface area contributed by atoms with Crippen LogP contribution in [0.2, 0.25) is 0 Å². The standard InChI is InChI=1S/C18H24N4O/c1-23-16-9-5-2-6-14(16)10-12-19-18-20-13-11-17(22-18)21-15-7-3-4-8-15/h2,5-6,9,11,13,15H,3-4,7-8,10,12H2,1H3,(H2,19,20,21,22). The van der Waals surface area contributed by atoms with Crippen LogP contribution in [0.3, 0.4) is 0 Å². The first-order valence-corrected chi connectivity index (χ1v) is 8.30. The minimum absolute atomic E-state index is 0.561. The topological polar surface area (TPSA) is 59.1 Å². The number of nitrogens with one attached hydrogen (secondary N) is 2. The SMILES string of the molecule is COc1ccccc1CCNc1nccc(NC2CCCC2)n1. The summed E-state index contributed by atoms with van der Waals surface area (Å²) in [6, 6.07) is 10.6. The Balaban J connectivity index is 1.53. The van der Waals surface area contributed by atoms with Crippen molar-refractivity contribution in [3.63, 3.8) is 0 Å². The fourth-order valence-corrected chi connectivity index (χ4v) is 3.02. The summed E-state index contributed by atoms with van der Waals surface area (Å²) in [6.07, 6.45) is 7.77. The minimum atomic E-state index is 0.561. The summed E-state index contributed by atoms with van der Waals surface area (Å²) in [5.74, 6) is 2.50. The molecule has 1 aromatic heterocycles. The fourth-order valence-electron chi connectivity index (χ4n) is 3.02. The van der Waals surface area contributed by atoms with Crippen LogP contribution in [0.25, 0.3) is 0 Å². The molecule has 5 nitrogen and oxygen atoms in total. The van der Waals surface area contributed by atoms with Crippen molar-refractivity contribution in [1.82, 2.24) is 9.97 Å². The molecule has 122 valence electrons. The average Bonchev–Trinajstić information content (AvgIpc) is 3.09. The molecule has 0 aliphatic heterocycles. The third-order valence-corrected chi connectivity index (χ3v) is 4.23. The number of anilines is 2. The van der Waals surface area contributed by atoms with Gasteiger partial charge in [-0.15, -0.1) is 0 Å². The largest absolute Gasteiger partial charge is 0.496 e. The summed E-state index contributed by atoms with van der Waals surface area (Å²) in [7, 11) is 1.70. The van der Waals surface area contributed by atoms with Gasteiger partial charge in [0.25, 0.3) is 0 Å². The Morgan fingerprint density at radius 3 is 2.83 bits per heavy atom. The second-order valence-corrected chi connectivity index (χ2v) is 5.88. The van der Waals surface area contributed by atoms with Gasteiger partial charge in [-0.25, -0.2) is 4.98 Å². The van der Waals surface area contributed by atoms with Crippen LogP contribution in [0.5, 0.6) is 5.75 Å². The van der Waals surface area contributed by atoms with E-state index in [1.165, 1.54) is 31.2 Å². The van der Waals surface area contributed by atoms with Crippen LogP contribution in [-0.4, -0.2) is 29.7 Å². The summed E-state index contributed by atoms with van der Waals surface area (Å²) in [5.41, 5.74) is 1.18. The van der Waals surface area contributed by atoms with Crippen LogP contribution in [0, 0.1) is 0 Å². The quantitative estimate of drug-likeness (QED) is 0.819. The highest BCUT2D eigenvalue weighted by Crippen LogP contribution is 2.21. The van der Waals surface area contributed by atoms with E-state index in [0.717, 1.165) is 24.5 Å². The van der Waals surface area contributed by atoms with Crippen molar-refractivity contribution >= 4 is 11.8 Å².